The summed E-state index contributed by atoms with van der Waals surface area (Å²) in [6, 6.07) is 11.1. The summed E-state index contributed by atoms with van der Waals surface area (Å²) < 4.78 is 11.7. The van der Waals surface area contributed by atoms with Crippen LogP contribution < -0.4 is 14.8 Å². The molecule has 0 saturated carbocycles. The van der Waals surface area contributed by atoms with E-state index in [0.717, 1.165) is 11.1 Å². The van der Waals surface area contributed by atoms with Crippen molar-refractivity contribution in [3.63, 3.8) is 0 Å². The molecule has 2 aliphatic rings. The predicted molar refractivity (Wildman–Crippen MR) is 129 cm³/mol. The lowest BCUT2D eigenvalue weighted by molar-refractivity contribution is -0.122. The largest absolute Gasteiger partial charge is 0.490 e. The number of carbonyl (C=O) groups is 2. The Balaban J connectivity index is 1.69. The van der Waals surface area contributed by atoms with E-state index in [1.54, 1.807) is 12.1 Å². The molecule has 33 heavy (non-hydrogen) atoms. The number of ketones is 1. The highest BCUT2D eigenvalue weighted by molar-refractivity contribution is 6.42. The molecule has 2 aromatic carbocycles. The van der Waals surface area contributed by atoms with Gasteiger partial charge in [0.2, 0.25) is 5.91 Å². The number of benzene rings is 2. The van der Waals surface area contributed by atoms with Gasteiger partial charge in [-0.1, -0.05) is 35.3 Å². The Kier molecular flexibility index (Phi) is 7.01. The predicted octanol–water partition coefficient (Wildman–Crippen LogP) is 6.18. The third kappa shape index (κ3) is 5.04. The lowest BCUT2D eigenvalue weighted by Gasteiger charge is -2.34. The van der Waals surface area contributed by atoms with E-state index in [1.165, 1.54) is 0 Å². The van der Waals surface area contributed by atoms with Crippen LogP contribution in [0.15, 0.2) is 47.7 Å². The molecule has 1 N–H and O–H groups in total. The summed E-state index contributed by atoms with van der Waals surface area (Å²) in [6.07, 6.45) is 1.14. The second-order valence-corrected chi connectivity index (χ2v) is 9.52. The van der Waals surface area contributed by atoms with Crippen molar-refractivity contribution in [1.82, 2.24) is 5.32 Å². The molecule has 2 atom stereocenters. The van der Waals surface area contributed by atoms with Crippen LogP contribution in [0.1, 0.15) is 63.0 Å². The van der Waals surface area contributed by atoms with E-state index in [4.69, 9.17) is 32.7 Å². The van der Waals surface area contributed by atoms with Crippen LogP contribution in [-0.2, 0) is 9.59 Å². The van der Waals surface area contributed by atoms with Crippen LogP contribution in [0.25, 0.3) is 0 Å². The maximum absolute atomic E-state index is 13.4. The molecule has 7 heteroatoms. The molecule has 0 fully saturated rings. The van der Waals surface area contributed by atoms with Crippen LogP contribution >= 0.6 is 23.2 Å². The normalized spacial score (nSPS) is 20.5. The van der Waals surface area contributed by atoms with Gasteiger partial charge in [-0.2, -0.15) is 0 Å². The fourth-order valence-corrected chi connectivity index (χ4v) is 4.91. The van der Waals surface area contributed by atoms with E-state index in [1.807, 2.05) is 45.0 Å². The monoisotopic (exact) mass is 487 g/mol. The zero-order chi connectivity index (χ0) is 23.7. The minimum absolute atomic E-state index is 0.00283. The van der Waals surface area contributed by atoms with Crippen molar-refractivity contribution < 1.29 is 19.1 Å². The topological polar surface area (TPSA) is 64.6 Å². The fourth-order valence-electron chi connectivity index (χ4n) is 4.61. The van der Waals surface area contributed by atoms with Gasteiger partial charge in [0, 0.05) is 30.0 Å². The molecule has 1 amide bonds. The second-order valence-electron chi connectivity index (χ2n) is 8.70. The smallest absolute Gasteiger partial charge is 0.225 e. The molecule has 5 nitrogen and oxygen atoms in total. The molecule has 0 spiro atoms. The molecule has 4 rings (SSSR count). The van der Waals surface area contributed by atoms with Gasteiger partial charge in [0.05, 0.1) is 22.8 Å². The van der Waals surface area contributed by atoms with E-state index in [2.05, 4.69) is 5.32 Å². The zero-order valence-electron chi connectivity index (χ0n) is 18.9. The van der Waals surface area contributed by atoms with Crippen LogP contribution in [0.3, 0.4) is 0 Å². The summed E-state index contributed by atoms with van der Waals surface area (Å²) in [5.41, 5.74) is 3.20. The highest BCUT2D eigenvalue weighted by Crippen LogP contribution is 2.44. The van der Waals surface area contributed by atoms with E-state index in [-0.39, 0.29) is 36.1 Å². The number of amides is 1. The second kappa shape index (κ2) is 9.78. The zero-order valence-corrected chi connectivity index (χ0v) is 20.4. The third-order valence-corrected chi connectivity index (χ3v) is 6.72. The van der Waals surface area contributed by atoms with E-state index in [9.17, 15) is 9.59 Å². The first-order valence-corrected chi connectivity index (χ1v) is 12.0. The molecule has 0 aromatic heterocycles. The summed E-state index contributed by atoms with van der Waals surface area (Å²) in [5, 5.41) is 3.89. The maximum atomic E-state index is 13.4. The Hall–Kier alpha value is -2.50. The number of allylic oxidation sites excluding steroid dienone is 2. The average Bonchev–Trinajstić information content (AvgIpc) is 2.75. The van der Waals surface area contributed by atoms with Gasteiger partial charge in [0.1, 0.15) is 0 Å². The van der Waals surface area contributed by atoms with Crippen molar-refractivity contribution >= 4 is 34.9 Å². The minimum atomic E-state index is -0.316. The molecule has 174 valence electrons. The van der Waals surface area contributed by atoms with Crippen molar-refractivity contribution in [2.45, 2.75) is 58.0 Å². The SMILES string of the molecule is CCOc1cc(C2CC(=O)NC3=C2C(=O)CC(c2ccc(Cl)c(Cl)c2)C3)ccc1OC(C)C. The molecule has 1 heterocycles. The van der Waals surface area contributed by atoms with E-state index in [0.29, 0.717) is 52.3 Å². The van der Waals surface area contributed by atoms with Gasteiger partial charge in [0.15, 0.2) is 17.3 Å². The van der Waals surface area contributed by atoms with Gasteiger partial charge in [-0.25, -0.2) is 0 Å². The Labute approximate surface area is 204 Å². The molecule has 0 radical (unpaired) electrons. The Morgan fingerprint density at radius 2 is 1.73 bits per heavy atom. The number of carbonyl (C=O) groups excluding carboxylic acids is 2. The highest BCUT2D eigenvalue weighted by Gasteiger charge is 2.38. The standard InChI is InChI=1S/C26H27Cl2NO4/c1-4-32-24-12-16(6-8-23(24)33-14(2)3)18-13-25(31)29-21-10-17(11-22(30)26(18)21)15-5-7-19(27)20(28)9-15/h5-9,12,14,17-18H,4,10-11,13H2,1-3H3,(H,29,31). The number of halogens is 2. The Morgan fingerprint density at radius 1 is 0.970 bits per heavy atom. The Bertz CT molecular complexity index is 1130. The first-order chi connectivity index (χ1) is 15.8. The summed E-state index contributed by atoms with van der Waals surface area (Å²) in [5.74, 6) is 0.835. The first-order valence-electron chi connectivity index (χ1n) is 11.2. The van der Waals surface area contributed by atoms with Crippen molar-refractivity contribution in [1.29, 1.82) is 0 Å². The highest BCUT2D eigenvalue weighted by atomic mass is 35.5. The maximum Gasteiger partial charge on any atom is 0.225 e. The first kappa shape index (κ1) is 23.7. The van der Waals surface area contributed by atoms with Crippen LogP contribution in [0.5, 0.6) is 11.5 Å². The van der Waals surface area contributed by atoms with Gasteiger partial charge in [-0.15, -0.1) is 0 Å². The molecule has 1 aliphatic carbocycles. The summed E-state index contributed by atoms with van der Waals surface area (Å²) in [4.78, 5) is 26.0. The molecular formula is C26H27Cl2NO4. The number of hydrogen-bond acceptors (Lipinski definition) is 4. The van der Waals surface area contributed by atoms with Crippen molar-refractivity contribution in [3.8, 4) is 11.5 Å². The fraction of sp³-hybridized carbons (Fsp3) is 0.385. The quantitative estimate of drug-likeness (QED) is 0.527. The Morgan fingerprint density at radius 3 is 2.42 bits per heavy atom. The van der Waals surface area contributed by atoms with Gasteiger partial charge in [0.25, 0.3) is 0 Å². The molecular weight excluding hydrogens is 461 g/mol. The average molecular weight is 488 g/mol. The van der Waals surface area contributed by atoms with Crippen LogP contribution in [0.4, 0.5) is 0 Å². The van der Waals surface area contributed by atoms with Crippen molar-refractivity contribution in [2.75, 3.05) is 6.61 Å². The molecule has 0 bridgehead atoms. The van der Waals surface area contributed by atoms with Crippen LogP contribution in [0.2, 0.25) is 10.0 Å². The number of nitrogens with one attached hydrogen (secondary N) is 1. The summed E-state index contributed by atoms with van der Waals surface area (Å²) in [6.45, 7) is 6.31. The van der Waals surface area contributed by atoms with Gasteiger partial charge in [-0.3, -0.25) is 9.59 Å². The van der Waals surface area contributed by atoms with Crippen molar-refractivity contribution in [2.24, 2.45) is 0 Å². The van der Waals surface area contributed by atoms with Crippen LogP contribution in [-0.4, -0.2) is 24.4 Å². The minimum Gasteiger partial charge on any atom is -0.490 e. The number of ether oxygens (including phenoxy) is 2. The lowest BCUT2D eigenvalue weighted by Crippen LogP contribution is -2.38. The summed E-state index contributed by atoms with van der Waals surface area (Å²) in [7, 11) is 0. The van der Waals surface area contributed by atoms with Gasteiger partial charge >= 0.3 is 0 Å². The third-order valence-electron chi connectivity index (χ3n) is 5.98. The lowest BCUT2D eigenvalue weighted by atomic mass is 9.73. The number of Topliss-reactive ketones (excluding diaryl/α,β-unsaturated/α-hetero) is 1. The number of hydrogen-bond donors (Lipinski definition) is 1. The van der Waals surface area contributed by atoms with Crippen LogP contribution in [0, 0.1) is 0 Å². The number of rotatable bonds is 6. The summed E-state index contributed by atoms with van der Waals surface area (Å²) >= 11 is 12.3. The van der Waals surface area contributed by atoms with Gasteiger partial charge < -0.3 is 14.8 Å². The van der Waals surface area contributed by atoms with E-state index < -0.39 is 0 Å². The molecule has 2 aromatic rings. The molecule has 2 unspecified atom stereocenters. The van der Waals surface area contributed by atoms with Gasteiger partial charge in [-0.05, 0) is 68.5 Å². The molecule has 0 saturated heterocycles. The van der Waals surface area contributed by atoms with Crippen molar-refractivity contribution in [3.05, 3.63) is 68.8 Å². The molecule has 1 aliphatic heterocycles. The van der Waals surface area contributed by atoms with E-state index >= 15 is 0 Å².